The lowest BCUT2D eigenvalue weighted by Crippen LogP contribution is -2.47. The molecule has 3 aromatic rings. The lowest BCUT2D eigenvalue weighted by Gasteiger charge is -2.35. The number of aliphatic hydroxyl groups excluding tert-OH is 2. The third kappa shape index (κ3) is 3.48. The summed E-state index contributed by atoms with van der Waals surface area (Å²) in [6.07, 6.45) is 3.33. The van der Waals surface area contributed by atoms with Gasteiger partial charge in [0.05, 0.1) is 29.5 Å². The van der Waals surface area contributed by atoms with Crippen LogP contribution in [-0.2, 0) is 0 Å². The normalized spacial score (nSPS) is 19.8. The lowest BCUT2D eigenvalue weighted by atomic mass is 9.94. The van der Waals surface area contributed by atoms with Crippen molar-refractivity contribution >= 4 is 16.8 Å². The van der Waals surface area contributed by atoms with Crippen LogP contribution in [0.25, 0.3) is 22.2 Å². The monoisotopic (exact) mass is 377 g/mol. The van der Waals surface area contributed by atoms with Crippen molar-refractivity contribution in [1.82, 2.24) is 14.9 Å². The third-order valence-corrected chi connectivity index (χ3v) is 5.37. The molecule has 0 radical (unpaired) electrons. The first-order chi connectivity index (χ1) is 13.6. The number of aromatic nitrogens is 2. The molecule has 2 aromatic heterocycles. The number of amides is 1. The van der Waals surface area contributed by atoms with Crippen molar-refractivity contribution in [2.45, 2.75) is 19.4 Å². The Bertz CT molecular complexity index is 1010. The molecular weight excluding hydrogens is 354 g/mol. The van der Waals surface area contributed by atoms with Gasteiger partial charge >= 0.3 is 0 Å². The van der Waals surface area contributed by atoms with Gasteiger partial charge in [-0.15, -0.1) is 0 Å². The van der Waals surface area contributed by atoms with Gasteiger partial charge in [-0.3, -0.25) is 9.78 Å². The highest BCUT2D eigenvalue weighted by molar-refractivity contribution is 6.07. The minimum absolute atomic E-state index is 0.103. The SMILES string of the molecule is Cc1ccc2nc(-c3cccnc3)cc(C(=O)N3CC[C@H](O)[C@H](CO)C3)c2c1. The van der Waals surface area contributed by atoms with E-state index in [-0.39, 0.29) is 18.4 Å². The minimum Gasteiger partial charge on any atom is -0.396 e. The van der Waals surface area contributed by atoms with E-state index in [4.69, 9.17) is 4.98 Å². The zero-order valence-electron chi connectivity index (χ0n) is 15.7. The largest absolute Gasteiger partial charge is 0.396 e. The van der Waals surface area contributed by atoms with Crippen LogP contribution in [0.3, 0.4) is 0 Å². The number of hydrogen-bond acceptors (Lipinski definition) is 5. The fraction of sp³-hybridized carbons (Fsp3) is 0.318. The van der Waals surface area contributed by atoms with Crippen LogP contribution in [0.15, 0.2) is 48.8 Å². The highest BCUT2D eigenvalue weighted by Gasteiger charge is 2.31. The number of piperidine rings is 1. The van der Waals surface area contributed by atoms with Crippen molar-refractivity contribution in [3.8, 4) is 11.3 Å². The smallest absolute Gasteiger partial charge is 0.254 e. The quantitative estimate of drug-likeness (QED) is 0.732. The van der Waals surface area contributed by atoms with Gasteiger partial charge in [0, 0.05) is 42.4 Å². The predicted molar refractivity (Wildman–Crippen MR) is 107 cm³/mol. The molecule has 2 N–H and O–H groups in total. The Balaban J connectivity index is 1.80. The van der Waals surface area contributed by atoms with Gasteiger partial charge in [0.25, 0.3) is 5.91 Å². The molecule has 6 nitrogen and oxygen atoms in total. The Hall–Kier alpha value is -2.83. The molecule has 2 atom stereocenters. The van der Waals surface area contributed by atoms with Gasteiger partial charge in [-0.25, -0.2) is 4.98 Å². The number of carbonyl (C=O) groups excluding carboxylic acids is 1. The topological polar surface area (TPSA) is 86.6 Å². The van der Waals surface area contributed by atoms with Crippen molar-refractivity contribution < 1.29 is 15.0 Å². The average molecular weight is 377 g/mol. The zero-order valence-corrected chi connectivity index (χ0v) is 15.7. The molecule has 0 aliphatic carbocycles. The van der Waals surface area contributed by atoms with E-state index in [2.05, 4.69) is 4.98 Å². The van der Waals surface area contributed by atoms with E-state index in [0.717, 1.165) is 22.0 Å². The fourth-order valence-electron chi connectivity index (χ4n) is 3.73. The average Bonchev–Trinajstić information content (AvgIpc) is 2.73. The zero-order chi connectivity index (χ0) is 19.7. The first-order valence-corrected chi connectivity index (χ1v) is 9.47. The second kappa shape index (κ2) is 7.66. The molecular formula is C22H23N3O3. The summed E-state index contributed by atoms with van der Waals surface area (Å²) in [4.78, 5) is 24.0. The van der Waals surface area contributed by atoms with E-state index in [1.807, 2.05) is 43.3 Å². The molecule has 1 fully saturated rings. The van der Waals surface area contributed by atoms with Crippen LogP contribution in [0, 0.1) is 12.8 Å². The molecule has 28 heavy (non-hydrogen) atoms. The van der Waals surface area contributed by atoms with Gasteiger partial charge in [-0.1, -0.05) is 11.6 Å². The number of pyridine rings is 2. The Morgan fingerprint density at radius 1 is 1.29 bits per heavy atom. The molecule has 0 bridgehead atoms. The van der Waals surface area contributed by atoms with Crippen LogP contribution in [-0.4, -0.2) is 56.8 Å². The number of aliphatic hydroxyl groups is 2. The van der Waals surface area contributed by atoms with Crippen LogP contribution in [0.4, 0.5) is 0 Å². The molecule has 1 aromatic carbocycles. The fourth-order valence-corrected chi connectivity index (χ4v) is 3.73. The summed E-state index contributed by atoms with van der Waals surface area (Å²) >= 11 is 0. The molecule has 1 amide bonds. The number of benzene rings is 1. The third-order valence-electron chi connectivity index (χ3n) is 5.37. The van der Waals surface area contributed by atoms with Gasteiger partial charge in [0.1, 0.15) is 0 Å². The Morgan fingerprint density at radius 2 is 2.14 bits per heavy atom. The lowest BCUT2D eigenvalue weighted by molar-refractivity contribution is 0.00352. The van der Waals surface area contributed by atoms with E-state index in [1.54, 1.807) is 17.3 Å². The summed E-state index contributed by atoms with van der Waals surface area (Å²) in [5, 5.41) is 20.4. The number of likely N-dealkylation sites (tertiary alicyclic amines) is 1. The Labute approximate surface area is 163 Å². The van der Waals surface area contributed by atoms with Crippen LogP contribution in [0.5, 0.6) is 0 Å². The predicted octanol–water partition coefficient (Wildman–Crippen LogP) is 2.42. The molecule has 1 aliphatic heterocycles. The molecule has 1 saturated heterocycles. The van der Waals surface area contributed by atoms with E-state index < -0.39 is 6.10 Å². The van der Waals surface area contributed by atoms with Gasteiger partial charge in [-0.05, 0) is 43.7 Å². The number of fused-ring (bicyclic) bond motifs is 1. The number of rotatable bonds is 3. The maximum Gasteiger partial charge on any atom is 0.254 e. The van der Waals surface area contributed by atoms with Crippen LogP contribution >= 0.6 is 0 Å². The van der Waals surface area contributed by atoms with Crippen LogP contribution in [0.1, 0.15) is 22.3 Å². The molecule has 0 unspecified atom stereocenters. The Kier molecular flexibility index (Phi) is 5.07. The number of hydrogen-bond donors (Lipinski definition) is 2. The molecule has 6 heteroatoms. The second-order valence-corrected chi connectivity index (χ2v) is 7.37. The van der Waals surface area contributed by atoms with Crippen molar-refractivity contribution in [1.29, 1.82) is 0 Å². The molecule has 1 aliphatic rings. The summed E-state index contributed by atoms with van der Waals surface area (Å²) in [7, 11) is 0. The van der Waals surface area contributed by atoms with E-state index in [9.17, 15) is 15.0 Å². The molecule has 3 heterocycles. The van der Waals surface area contributed by atoms with Crippen LogP contribution < -0.4 is 0 Å². The highest BCUT2D eigenvalue weighted by atomic mass is 16.3. The summed E-state index contributed by atoms with van der Waals surface area (Å²) < 4.78 is 0. The molecule has 0 spiro atoms. The van der Waals surface area contributed by atoms with Gasteiger partial charge < -0.3 is 15.1 Å². The van der Waals surface area contributed by atoms with Gasteiger partial charge in [-0.2, -0.15) is 0 Å². The maximum atomic E-state index is 13.4. The standard InChI is InChI=1S/C22H23N3O3/c1-14-4-5-19-17(9-14)18(10-20(24-19)15-3-2-7-23-11-15)22(28)25-8-6-21(27)16(12-25)13-26/h2-5,7,9-11,16,21,26-27H,6,8,12-13H2,1H3/t16-,21-/m0/s1. The van der Waals surface area contributed by atoms with Crippen molar-refractivity contribution in [2.75, 3.05) is 19.7 Å². The van der Waals surface area contributed by atoms with Crippen molar-refractivity contribution in [3.05, 3.63) is 59.9 Å². The first-order valence-electron chi connectivity index (χ1n) is 9.47. The highest BCUT2D eigenvalue weighted by Crippen LogP contribution is 2.28. The number of aryl methyl sites for hydroxylation is 1. The van der Waals surface area contributed by atoms with Gasteiger partial charge in [0.2, 0.25) is 0 Å². The van der Waals surface area contributed by atoms with Gasteiger partial charge in [0.15, 0.2) is 0 Å². The second-order valence-electron chi connectivity index (χ2n) is 7.37. The first kappa shape index (κ1) is 18.5. The van der Waals surface area contributed by atoms with Crippen LogP contribution in [0.2, 0.25) is 0 Å². The minimum atomic E-state index is -0.573. The molecule has 0 saturated carbocycles. The van der Waals surface area contributed by atoms with E-state index in [1.165, 1.54) is 0 Å². The van der Waals surface area contributed by atoms with E-state index >= 15 is 0 Å². The summed E-state index contributed by atoms with van der Waals surface area (Å²) in [6.45, 7) is 2.66. The Morgan fingerprint density at radius 3 is 2.89 bits per heavy atom. The summed E-state index contributed by atoms with van der Waals surface area (Å²) in [6, 6.07) is 11.5. The van der Waals surface area contributed by atoms with E-state index in [0.29, 0.717) is 30.8 Å². The van der Waals surface area contributed by atoms with Crippen molar-refractivity contribution in [3.63, 3.8) is 0 Å². The maximum absolute atomic E-state index is 13.4. The number of nitrogens with zero attached hydrogens (tertiary/aromatic N) is 3. The van der Waals surface area contributed by atoms with Crippen molar-refractivity contribution in [2.24, 2.45) is 5.92 Å². The molecule has 144 valence electrons. The molecule has 4 rings (SSSR count). The summed E-state index contributed by atoms with van der Waals surface area (Å²) in [5.41, 5.74) is 3.94. The number of carbonyl (C=O) groups is 1. The summed E-state index contributed by atoms with van der Waals surface area (Å²) in [5.74, 6) is -0.418.